The number of hydrogen-bond donors (Lipinski definition) is 2. The number of carbonyl (C=O) groups excluding carboxylic acids is 1. The Morgan fingerprint density at radius 2 is 2.00 bits per heavy atom. The van der Waals surface area contributed by atoms with Crippen molar-refractivity contribution in [3.63, 3.8) is 0 Å². The van der Waals surface area contributed by atoms with Crippen molar-refractivity contribution in [1.29, 1.82) is 0 Å². The molecule has 0 aromatic heterocycles. The zero-order valence-corrected chi connectivity index (χ0v) is 12.1. The van der Waals surface area contributed by atoms with E-state index < -0.39 is 24.4 Å². The average Bonchev–Trinajstić information content (AvgIpc) is 2.41. The summed E-state index contributed by atoms with van der Waals surface area (Å²) >= 11 is 6.63. The summed E-state index contributed by atoms with van der Waals surface area (Å²) in [6.45, 7) is 0. The van der Waals surface area contributed by atoms with Crippen LogP contribution >= 0.6 is 23.4 Å². The Hall–Kier alpha value is -1.67. The number of nitrogens with zero attached hydrogens (tertiary/aromatic N) is 1. The van der Waals surface area contributed by atoms with Crippen LogP contribution in [0, 0.1) is 0 Å². The number of anilines is 1. The van der Waals surface area contributed by atoms with Crippen LogP contribution in [0.15, 0.2) is 41.2 Å². The molecule has 1 aromatic rings. The Balaban J connectivity index is 2.49. The van der Waals surface area contributed by atoms with Gasteiger partial charge in [-0.1, -0.05) is 35.5 Å². The number of carbonyl (C=O) groups is 1. The second kappa shape index (κ2) is 8.58. The van der Waals surface area contributed by atoms with Gasteiger partial charge in [0.05, 0.1) is 10.7 Å². The number of nitrogens with two attached hydrogens (primary N) is 1. The Morgan fingerprint density at radius 3 is 2.62 bits per heavy atom. The molecule has 0 radical (unpaired) electrons. The lowest BCUT2D eigenvalue weighted by Gasteiger charge is -2.04. The first kappa shape index (κ1) is 17.4. The van der Waals surface area contributed by atoms with Crippen LogP contribution < -0.4 is 11.1 Å². The van der Waals surface area contributed by atoms with Gasteiger partial charge < -0.3 is 11.1 Å². The minimum absolute atomic E-state index is 0.0577. The van der Waals surface area contributed by atoms with Crippen molar-refractivity contribution < 1.29 is 18.0 Å². The summed E-state index contributed by atoms with van der Waals surface area (Å²) in [7, 11) is 0. The minimum atomic E-state index is -2.36. The number of para-hydroxylation sites is 1. The average molecular weight is 338 g/mol. The molecule has 0 heterocycles. The molecule has 0 aliphatic carbocycles. The quantitative estimate of drug-likeness (QED) is 0.632. The Bertz CT molecular complexity index is 577. The van der Waals surface area contributed by atoms with Gasteiger partial charge in [-0.15, -0.1) is 0 Å². The van der Waals surface area contributed by atoms with Crippen LogP contribution in [0.25, 0.3) is 0 Å². The molecule has 21 heavy (non-hydrogen) atoms. The highest BCUT2D eigenvalue weighted by Crippen LogP contribution is 2.20. The summed E-state index contributed by atoms with van der Waals surface area (Å²) in [5, 5.41) is 2.57. The van der Waals surface area contributed by atoms with Crippen molar-refractivity contribution in [2.24, 2.45) is 10.7 Å². The third-order valence-electron chi connectivity index (χ3n) is 2.10. The normalized spacial score (nSPS) is 11.1. The van der Waals surface area contributed by atoms with Gasteiger partial charge in [-0.25, -0.2) is 9.18 Å². The van der Waals surface area contributed by atoms with E-state index in [-0.39, 0.29) is 10.9 Å². The van der Waals surface area contributed by atoms with Crippen molar-refractivity contribution in [3.05, 3.63) is 41.2 Å². The number of nitrogens with one attached hydrogen (secondary N) is 1. The number of amidine groups is 1. The molecule has 0 bridgehead atoms. The second-order valence-electron chi connectivity index (χ2n) is 3.62. The highest BCUT2D eigenvalue weighted by Gasteiger charge is 2.07. The van der Waals surface area contributed by atoms with E-state index in [0.717, 1.165) is 11.8 Å². The van der Waals surface area contributed by atoms with Gasteiger partial charge in [-0.05, 0) is 12.1 Å². The van der Waals surface area contributed by atoms with Gasteiger partial charge in [0.25, 0.3) is 0 Å². The van der Waals surface area contributed by atoms with Crippen molar-refractivity contribution in [2.75, 3.05) is 11.1 Å². The summed E-state index contributed by atoms with van der Waals surface area (Å²) in [5.74, 6) is -1.56. The Morgan fingerprint density at radius 1 is 1.33 bits per heavy atom. The number of rotatable bonds is 4. The fourth-order valence-corrected chi connectivity index (χ4v) is 2.00. The maximum atomic E-state index is 12.5. The molecule has 0 aliphatic rings. The number of aliphatic imine (C=N–C) groups is 1. The van der Waals surface area contributed by atoms with Crippen LogP contribution in [0.1, 0.15) is 6.42 Å². The number of halogens is 4. The van der Waals surface area contributed by atoms with Gasteiger partial charge >= 0.3 is 12.1 Å². The maximum Gasteiger partial charge on any atom is 0.347 e. The van der Waals surface area contributed by atoms with Gasteiger partial charge in [0.2, 0.25) is 0 Å². The van der Waals surface area contributed by atoms with E-state index in [9.17, 15) is 18.0 Å². The molecule has 9 heteroatoms. The van der Waals surface area contributed by atoms with E-state index in [1.807, 2.05) is 0 Å². The maximum absolute atomic E-state index is 12.5. The highest BCUT2D eigenvalue weighted by molar-refractivity contribution is 8.13. The molecule has 2 amide bonds. The van der Waals surface area contributed by atoms with E-state index in [0.29, 0.717) is 10.7 Å². The van der Waals surface area contributed by atoms with E-state index >= 15 is 0 Å². The van der Waals surface area contributed by atoms with Gasteiger partial charge in [-0.2, -0.15) is 13.8 Å². The standard InChI is InChI=1S/C12H11ClF3N3OS/c13-7-3-1-2-4-9(7)18-12(20)19-11(17)21-6-5-8(14)10(15)16/h1-4H,5-6H2,(H3,17,18,19,20). The highest BCUT2D eigenvalue weighted by atomic mass is 35.5. The molecule has 114 valence electrons. The van der Waals surface area contributed by atoms with Crippen LogP contribution in [0.2, 0.25) is 5.02 Å². The van der Waals surface area contributed by atoms with Gasteiger partial charge in [-0.3, -0.25) is 0 Å². The number of benzene rings is 1. The lowest BCUT2D eigenvalue weighted by molar-refractivity contribution is 0.259. The van der Waals surface area contributed by atoms with Gasteiger partial charge in [0.15, 0.2) is 11.0 Å². The summed E-state index contributed by atoms with van der Waals surface area (Å²) in [5.41, 5.74) is 5.78. The largest absolute Gasteiger partial charge is 0.378 e. The van der Waals surface area contributed by atoms with Crippen molar-refractivity contribution in [3.8, 4) is 0 Å². The summed E-state index contributed by atoms with van der Waals surface area (Å²) in [6.07, 6.45) is -2.85. The second-order valence-corrected chi connectivity index (χ2v) is 5.15. The van der Waals surface area contributed by atoms with Crippen molar-refractivity contribution >= 4 is 40.2 Å². The molecule has 1 rings (SSSR count). The van der Waals surface area contributed by atoms with Gasteiger partial charge in [0, 0.05) is 12.2 Å². The number of urea groups is 1. The van der Waals surface area contributed by atoms with E-state index in [1.165, 1.54) is 0 Å². The molecule has 0 atom stereocenters. The zero-order valence-electron chi connectivity index (χ0n) is 10.6. The predicted octanol–water partition coefficient (Wildman–Crippen LogP) is 4.39. The van der Waals surface area contributed by atoms with Crippen LogP contribution in [0.4, 0.5) is 23.7 Å². The Labute approximate surface area is 128 Å². The number of thioether (sulfide) groups is 1. The van der Waals surface area contributed by atoms with E-state index in [4.69, 9.17) is 17.3 Å². The molecule has 0 spiro atoms. The molecule has 1 aromatic carbocycles. The van der Waals surface area contributed by atoms with E-state index in [2.05, 4.69) is 10.3 Å². The monoisotopic (exact) mass is 337 g/mol. The number of hydrogen-bond acceptors (Lipinski definition) is 2. The molecule has 0 fully saturated rings. The lowest BCUT2D eigenvalue weighted by atomic mass is 10.3. The number of amides is 2. The third-order valence-corrected chi connectivity index (χ3v) is 3.23. The first-order chi connectivity index (χ1) is 9.90. The molecule has 0 aliphatic heterocycles. The van der Waals surface area contributed by atoms with Gasteiger partial charge in [0.1, 0.15) is 0 Å². The first-order valence-electron chi connectivity index (χ1n) is 5.62. The SMILES string of the molecule is N/C(=N\C(=O)Nc1ccccc1Cl)SCCC(F)=C(F)F. The van der Waals surface area contributed by atoms with Crippen LogP contribution in [-0.2, 0) is 0 Å². The lowest BCUT2D eigenvalue weighted by Crippen LogP contribution is -2.15. The topological polar surface area (TPSA) is 67.5 Å². The molecule has 0 saturated heterocycles. The van der Waals surface area contributed by atoms with Crippen molar-refractivity contribution in [1.82, 2.24) is 0 Å². The zero-order chi connectivity index (χ0) is 15.8. The van der Waals surface area contributed by atoms with Crippen LogP contribution in [0.5, 0.6) is 0 Å². The predicted molar refractivity (Wildman–Crippen MR) is 79.5 cm³/mol. The first-order valence-corrected chi connectivity index (χ1v) is 6.98. The number of allylic oxidation sites excluding steroid dienone is 1. The summed E-state index contributed by atoms with van der Waals surface area (Å²) in [4.78, 5) is 15.0. The Kier molecular flexibility index (Phi) is 7.10. The third kappa shape index (κ3) is 6.54. The molecule has 4 nitrogen and oxygen atoms in total. The summed E-state index contributed by atoms with van der Waals surface area (Å²) < 4.78 is 36.1. The van der Waals surface area contributed by atoms with Crippen LogP contribution in [0.3, 0.4) is 0 Å². The molecular weight excluding hydrogens is 327 g/mol. The fourth-order valence-electron chi connectivity index (χ4n) is 1.18. The molecular formula is C12H11ClF3N3OS. The van der Waals surface area contributed by atoms with Crippen molar-refractivity contribution in [2.45, 2.75) is 6.42 Å². The van der Waals surface area contributed by atoms with E-state index in [1.54, 1.807) is 24.3 Å². The fraction of sp³-hybridized carbons (Fsp3) is 0.167. The molecule has 3 N–H and O–H groups in total. The smallest absolute Gasteiger partial charge is 0.347 e. The molecule has 0 unspecified atom stereocenters. The summed E-state index contributed by atoms with van der Waals surface area (Å²) in [6, 6.07) is 5.76. The minimum Gasteiger partial charge on any atom is -0.378 e. The van der Waals surface area contributed by atoms with Crippen LogP contribution in [-0.4, -0.2) is 17.0 Å². The molecule has 0 saturated carbocycles.